The maximum absolute atomic E-state index is 13.7. The van der Waals surface area contributed by atoms with E-state index in [1.807, 2.05) is 18.2 Å². The SMILES string of the molecule is CC(C)(C)OC(=O)/C(F)=C/c1cc2ccccc2o1. The zero-order valence-electron chi connectivity index (χ0n) is 11.1. The van der Waals surface area contributed by atoms with Crippen molar-refractivity contribution in [1.82, 2.24) is 0 Å². The lowest BCUT2D eigenvalue weighted by Crippen LogP contribution is -2.23. The molecule has 0 amide bonds. The number of furan rings is 1. The Labute approximate surface area is 110 Å². The van der Waals surface area contributed by atoms with Gasteiger partial charge in [-0.05, 0) is 32.9 Å². The molecule has 1 aromatic carbocycles. The van der Waals surface area contributed by atoms with Crippen LogP contribution < -0.4 is 0 Å². The quantitative estimate of drug-likeness (QED) is 0.604. The molecule has 0 saturated carbocycles. The van der Waals surface area contributed by atoms with Gasteiger partial charge in [0.1, 0.15) is 16.9 Å². The van der Waals surface area contributed by atoms with Gasteiger partial charge in [-0.15, -0.1) is 0 Å². The number of hydrogen-bond acceptors (Lipinski definition) is 3. The van der Waals surface area contributed by atoms with Crippen molar-refractivity contribution in [3.05, 3.63) is 41.9 Å². The molecule has 0 fully saturated rings. The van der Waals surface area contributed by atoms with Gasteiger partial charge < -0.3 is 9.15 Å². The van der Waals surface area contributed by atoms with Gasteiger partial charge in [0.2, 0.25) is 5.83 Å². The molecule has 0 aliphatic rings. The molecule has 3 nitrogen and oxygen atoms in total. The van der Waals surface area contributed by atoms with Crippen molar-refractivity contribution in [2.24, 2.45) is 0 Å². The van der Waals surface area contributed by atoms with E-state index < -0.39 is 17.4 Å². The van der Waals surface area contributed by atoms with Gasteiger partial charge >= 0.3 is 5.97 Å². The van der Waals surface area contributed by atoms with Crippen molar-refractivity contribution >= 4 is 23.0 Å². The second kappa shape index (κ2) is 4.88. The molecule has 0 unspecified atom stereocenters. The Morgan fingerprint density at radius 2 is 2.00 bits per heavy atom. The van der Waals surface area contributed by atoms with Crippen LogP contribution in [0.1, 0.15) is 26.5 Å². The van der Waals surface area contributed by atoms with Crippen molar-refractivity contribution < 1.29 is 18.3 Å². The second-order valence-corrected chi connectivity index (χ2v) is 5.18. The number of para-hydroxylation sites is 1. The minimum atomic E-state index is -0.993. The van der Waals surface area contributed by atoms with Crippen LogP contribution in [0.3, 0.4) is 0 Å². The molecule has 2 rings (SSSR count). The molecule has 0 N–H and O–H groups in total. The fourth-order valence-electron chi connectivity index (χ4n) is 1.58. The normalized spacial score (nSPS) is 12.7. The van der Waals surface area contributed by atoms with E-state index >= 15 is 0 Å². The minimum absolute atomic E-state index is 0.282. The average molecular weight is 262 g/mol. The zero-order valence-corrected chi connectivity index (χ0v) is 11.1. The molecular formula is C15H15FO3. The Morgan fingerprint density at radius 1 is 1.32 bits per heavy atom. The summed E-state index contributed by atoms with van der Waals surface area (Å²) >= 11 is 0. The summed E-state index contributed by atoms with van der Waals surface area (Å²) in [7, 11) is 0. The minimum Gasteiger partial charge on any atom is -0.457 e. The third-order valence-corrected chi connectivity index (χ3v) is 2.31. The van der Waals surface area contributed by atoms with E-state index in [0.29, 0.717) is 5.58 Å². The Morgan fingerprint density at radius 3 is 2.63 bits per heavy atom. The molecule has 0 aliphatic carbocycles. The molecule has 0 radical (unpaired) electrons. The summed E-state index contributed by atoms with van der Waals surface area (Å²) in [5.74, 6) is -1.69. The number of carbonyl (C=O) groups excluding carboxylic acids is 1. The van der Waals surface area contributed by atoms with E-state index in [1.54, 1.807) is 32.9 Å². The van der Waals surface area contributed by atoms with E-state index in [4.69, 9.17) is 9.15 Å². The monoisotopic (exact) mass is 262 g/mol. The smallest absolute Gasteiger partial charge is 0.367 e. The van der Waals surface area contributed by atoms with Crippen LogP contribution in [0.4, 0.5) is 4.39 Å². The largest absolute Gasteiger partial charge is 0.457 e. The number of fused-ring (bicyclic) bond motifs is 1. The molecule has 0 bridgehead atoms. The van der Waals surface area contributed by atoms with Gasteiger partial charge in [-0.3, -0.25) is 0 Å². The predicted molar refractivity (Wildman–Crippen MR) is 71.1 cm³/mol. The van der Waals surface area contributed by atoms with Crippen molar-refractivity contribution in [1.29, 1.82) is 0 Å². The van der Waals surface area contributed by atoms with Gasteiger partial charge in [-0.1, -0.05) is 18.2 Å². The highest BCUT2D eigenvalue weighted by molar-refractivity contribution is 5.92. The molecule has 19 heavy (non-hydrogen) atoms. The number of benzene rings is 1. The first-order valence-electron chi connectivity index (χ1n) is 5.94. The lowest BCUT2D eigenvalue weighted by Gasteiger charge is -2.18. The summed E-state index contributed by atoms with van der Waals surface area (Å²) in [6.45, 7) is 5.04. The van der Waals surface area contributed by atoms with Gasteiger partial charge in [0.25, 0.3) is 0 Å². The summed E-state index contributed by atoms with van der Waals surface area (Å²) in [4.78, 5) is 11.5. The number of rotatable bonds is 2. The van der Waals surface area contributed by atoms with Gasteiger partial charge in [-0.2, -0.15) is 4.39 Å². The van der Waals surface area contributed by atoms with Gasteiger partial charge in [0.05, 0.1) is 0 Å². The fraction of sp³-hybridized carbons (Fsp3) is 0.267. The van der Waals surface area contributed by atoms with Crippen molar-refractivity contribution in [2.75, 3.05) is 0 Å². The van der Waals surface area contributed by atoms with E-state index in [0.717, 1.165) is 11.5 Å². The predicted octanol–water partition coefficient (Wildman–Crippen LogP) is 4.08. The third kappa shape index (κ3) is 3.44. The highest BCUT2D eigenvalue weighted by Crippen LogP contribution is 2.22. The first-order chi connectivity index (χ1) is 8.85. The molecule has 0 saturated heterocycles. The summed E-state index contributed by atoms with van der Waals surface area (Å²) in [5, 5.41) is 0.853. The highest BCUT2D eigenvalue weighted by atomic mass is 19.1. The van der Waals surface area contributed by atoms with E-state index in [-0.39, 0.29) is 5.76 Å². The molecule has 0 atom stereocenters. The lowest BCUT2D eigenvalue weighted by atomic mass is 10.2. The van der Waals surface area contributed by atoms with Crippen LogP contribution in [-0.4, -0.2) is 11.6 Å². The highest BCUT2D eigenvalue weighted by Gasteiger charge is 2.20. The van der Waals surface area contributed by atoms with Crippen LogP contribution in [0.5, 0.6) is 0 Å². The maximum atomic E-state index is 13.7. The zero-order chi connectivity index (χ0) is 14.0. The van der Waals surface area contributed by atoms with E-state index in [1.165, 1.54) is 0 Å². The van der Waals surface area contributed by atoms with Crippen molar-refractivity contribution in [2.45, 2.75) is 26.4 Å². The fourth-order valence-corrected chi connectivity index (χ4v) is 1.58. The number of hydrogen-bond donors (Lipinski definition) is 0. The van der Waals surface area contributed by atoms with E-state index in [9.17, 15) is 9.18 Å². The van der Waals surface area contributed by atoms with Crippen molar-refractivity contribution in [3.63, 3.8) is 0 Å². The maximum Gasteiger partial charge on any atom is 0.367 e. The number of esters is 1. The molecule has 0 spiro atoms. The molecule has 2 aromatic rings. The van der Waals surface area contributed by atoms with Crippen LogP contribution in [-0.2, 0) is 9.53 Å². The first-order valence-corrected chi connectivity index (χ1v) is 5.94. The summed E-state index contributed by atoms with van der Waals surface area (Å²) in [6, 6.07) is 8.97. The lowest BCUT2D eigenvalue weighted by molar-refractivity contribution is -0.151. The third-order valence-electron chi connectivity index (χ3n) is 2.31. The number of halogens is 1. The first kappa shape index (κ1) is 13.3. The molecular weight excluding hydrogens is 247 g/mol. The molecule has 1 aromatic heterocycles. The van der Waals surface area contributed by atoms with Crippen LogP contribution in [0, 0.1) is 0 Å². The summed E-state index contributed by atoms with van der Waals surface area (Å²) in [5.41, 5.74) is -0.0818. The second-order valence-electron chi connectivity index (χ2n) is 5.18. The van der Waals surface area contributed by atoms with Crippen LogP contribution in [0.2, 0.25) is 0 Å². The van der Waals surface area contributed by atoms with Gasteiger partial charge in [0.15, 0.2) is 0 Å². The summed E-state index contributed by atoms with van der Waals surface area (Å²) < 4.78 is 24.0. The topological polar surface area (TPSA) is 39.4 Å². The molecule has 0 aliphatic heterocycles. The summed E-state index contributed by atoms with van der Waals surface area (Å²) in [6.07, 6.45) is 1.04. The average Bonchev–Trinajstić information content (AvgIpc) is 2.68. The van der Waals surface area contributed by atoms with E-state index in [2.05, 4.69) is 0 Å². The van der Waals surface area contributed by atoms with Crippen LogP contribution >= 0.6 is 0 Å². The number of carbonyl (C=O) groups is 1. The van der Waals surface area contributed by atoms with Crippen LogP contribution in [0.25, 0.3) is 17.0 Å². The van der Waals surface area contributed by atoms with Gasteiger partial charge in [-0.25, -0.2) is 4.79 Å². The standard InChI is InChI=1S/C15H15FO3/c1-15(2,3)19-14(17)12(16)9-11-8-10-6-4-5-7-13(10)18-11/h4-9H,1-3H3/b12-9-. The van der Waals surface area contributed by atoms with Crippen LogP contribution in [0.15, 0.2) is 40.6 Å². The number of ether oxygens (including phenoxy) is 1. The Balaban J connectivity index is 2.22. The molecule has 100 valence electrons. The molecule has 4 heteroatoms. The Bertz CT molecular complexity index is 599. The van der Waals surface area contributed by atoms with Gasteiger partial charge in [0, 0.05) is 11.5 Å². The van der Waals surface area contributed by atoms with Crippen molar-refractivity contribution in [3.8, 4) is 0 Å². The Hall–Kier alpha value is -2.10. The Kier molecular flexibility index (Phi) is 3.42. The molecule has 1 heterocycles.